The number of likely N-dealkylation sites (tertiary alicyclic amines) is 1. The highest BCUT2D eigenvalue weighted by Gasteiger charge is 2.53. The van der Waals surface area contributed by atoms with Crippen LogP contribution in [0.1, 0.15) is 59.9 Å². The molecule has 1 aromatic carbocycles. The minimum Gasteiger partial charge on any atom is -0.444 e. The van der Waals surface area contributed by atoms with Gasteiger partial charge in [-0.05, 0) is 100 Å². The van der Waals surface area contributed by atoms with Crippen molar-refractivity contribution in [2.75, 3.05) is 13.1 Å². The summed E-state index contributed by atoms with van der Waals surface area (Å²) in [4.78, 5) is 14.1. The molecule has 2 saturated heterocycles. The van der Waals surface area contributed by atoms with Crippen molar-refractivity contribution in [3.05, 3.63) is 29.8 Å². The third-order valence-electron chi connectivity index (χ3n) is 5.82. The summed E-state index contributed by atoms with van der Waals surface area (Å²) in [7, 11) is -0.333. The lowest BCUT2D eigenvalue weighted by Crippen LogP contribution is -2.42. The number of hydrogen-bond acceptors (Lipinski definition) is 4. The molecule has 5 nitrogen and oxygen atoms in total. The molecule has 0 N–H and O–H groups in total. The summed E-state index contributed by atoms with van der Waals surface area (Å²) in [6, 6.07) is 8.54. The lowest BCUT2D eigenvalue weighted by Gasteiger charge is -2.33. The number of benzene rings is 1. The van der Waals surface area contributed by atoms with Crippen LogP contribution in [0.5, 0.6) is 0 Å². The maximum absolute atomic E-state index is 12.3. The van der Waals surface area contributed by atoms with Crippen LogP contribution in [0.4, 0.5) is 4.79 Å². The van der Waals surface area contributed by atoms with Gasteiger partial charge in [0.15, 0.2) is 0 Å². The first-order chi connectivity index (χ1) is 13.4. The molecular formula is C22H33BINO4. The van der Waals surface area contributed by atoms with Crippen LogP contribution in [0, 0.1) is 5.92 Å². The topological polar surface area (TPSA) is 48.0 Å². The molecule has 2 aliphatic heterocycles. The number of rotatable bonds is 3. The quantitative estimate of drug-likeness (QED) is 0.338. The maximum Gasteiger partial charge on any atom is 0.495 e. The molecule has 1 unspecified atom stereocenters. The van der Waals surface area contributed by atoms with E-state index in [2.05, 4.69) is 67.6 Å². The van der Waals surface area contributed by atoms with E-state index in [9.17, 15) is 4.79 Å². The van der Waals surface area contributed by atoms with Crippen LogP contribution in [-0.2, 0) is 20.5 Å². The van der Waals surface area contributed by atoms with Gasteiger partial charge in [0.1, 0.15) is 9.21 Å². The van der Waals surface area contributed by atoms with Gasteiger partial charge < -0.3 is 18.9 Å². The van der Waals surface area contributed by atoms with E-state index in [1.54, 1.807) is 0 Å². The summed E-state index contributed by atoms with van der Waals surface area (Å²) < 4.78 is 17.5. The molecule has 2 aliphatic rings. The molecule has 1 aromatic rings. The van der Waals surface area contributed by atoms with Crippen molar-refractivity contribution < 1.29 is 18.8 Å². The first-order valence-electron chi connectivity index (χ1n) is 10.5. The summed E-state index contributed by atoms with van der Waals surface area (Å²) >= 11 is 2.33. The van der Waals surface area contributed by atoms with E-state index in [-0.39, 0.29) is 22.4 Å². The van der Waals surface area contributed by atoms with Crippen molar-refractivity contribution >= 4 is 41.3 Å². The van der Waals surface area contributed by atoms with E-state index in [1.165, 1.54) is 5.56 Å². The molecule has 0 spiro atoms. The van der Waals surface area contributed by atoms with E-state index >= 15 is 0 Å². The number of nitrogens with zero attached hydrogens (tertiary/aromatic N) is 1. The average molecular weight is 513 g/mol. The Balaban J connectivity index is 1.56. The van der Waals surface area contributed by atoms with Gasteiger partial charge >= 0.3 is 13.2 Å². The third-order valence-corrected chi connectivity index (χ3v) is 7.37. The van der Waals surface area contributed by atoms with Gasteiger partial charge in [0.2, 0.25) is 0 Å². The maximum atomic E-state index is 12.3. The summed E-state index contributed by atoms with van der Waals surface area (Å²) in [5.74, 6) is 0.570. The molecule has 0 bridgehead atoms. The zero-order chi connectivity index (χ0) is 21.4. The Labute approximate surface area is 189 Å². The molecule has 29 heavy (non-hydrogen) atoms. The van der Waals surface area contributed by atoms with Gasteiger partial charge in [-0.3, -0.25) is 0 Å². The Morgan fingerprint density at radius 3 is 2.45 bits per heavy atom. The number of hydrogen-bond donors (Lipinski definition) is 0. The largest absolute Gasteiger partial charge is 0.495 e. The third kappa shape index (κ3) is 5.67. The molecule has 0 aliphatic carbocycles. The van der Waals surface area contributed by atoms with E-state index in [0.29, 0.717) is 5.92 Å². The fraction of sp³-hybridized carbons (Fsp3) is 0.682. The Hall–Kier alpha value is -0.795. The Morgan fingerprint density at radius 2 is 1.90 bits per heavy atom. The van der Waals surface area contributed by atoms with Gasteiger partial charge in [-0.2, -0.15) is 0 Å². The predicted molar refractivity (Wildman–Crippen MR) is 125 cm³/mol. The summed E-state index contributed by atoms with van der Waals surface area (Å²) in [6.07, 6.45) is 2.81. The molecule has 0 radical (unpaired) electrons. The molecule has 160 valence electrons. The second-order valence-electron chi connectivity index (χ2n) is 9.85. The van der Waals surface area contributed by atoms with Crippen molar-refractivity contribution in [1.29, 1.82) is 0 Å². The predicted octanol–water partition coefficient (Wildman–Crippen LogP) is 4.55. The minimum absolute atomic E-state index is 0.196. The van der Waals surface area contributed by atoms with E-state index in [0.717, 1.165) is 37.8 Å². The second-order valence-corrected chi connectivity index (χ2v) is 11.9. The Kier molecular flexibility index (Phi) is 6.61. The lowest BCUT2D eigenvalue weighted by atomic mass is 9.77. The van der Waals surface area contributed by atoms with Crippen LogP contribution in [-0.4, -0.2) is 46.0 Å². The summed E-state index contributed by atoms with van der Waals surface area (Å²) in [6.45, 7) is 13.4. The Morgan fingerprint density at radius 1 is 1.24 bits per heavy atom. The number of carbonyl (C=O) groups is 1. The molecule has 7 heteroatoms. The number of piperidine rings is 1. The SMILES string of the molecule is CC(C)(C)OC(=O)N1CCC(Cc2cccc(B3OC(C)(C)C(C)(I)O3)c2)CC1. The monoisotopic (exact) mass is 513 g/mol. The number of amides is 1. The highest BCUT2D eigenvalue weighted by atomic mass is 127. The van der Waals surface area contributed by atoms with Crippen molar-refractivity contribution in [2.45, 2.75) is 75.6 Å². The Bertz CT molecular complexity index is 723. The first kappa shape index (κ1) is 22.9. The van der Waals surface area contributed by atoms with Crippen LogP contribution >= 0.6 is 22.6 Å². The summed E-state index contributed by atoms with van der Waals surface area (Å²) in [5, 5.41) is 0. The highest BCUT2D eigenvalue weighted by molar-refractivity contribution is 14.1. The molecule has 1 amide bonds. The smallest absolute Gasteiger partial charge is 0.444 e. The van der Waals surface area contributed by atoms with Crippen molar-refractivity contribution in [2.24, 2.45) is 5.92 Å². The lowest BCUT2D eigenvalue weighted by molar-refractivity contribution is 0.0184. The van der Waals surface area contributed by atoms with Crippen LogP contribution in [0.3, 0.4) is 0 Å². The van der Waals surface area contributed by atoms with Gasteiger partial charge in [-0.25, -0.2) is 4.79 Å². The molecule has 1 atom stereocenters. The van der Waals surface area contributed by atoms with Crippen molar-refractivity contribution in [3.8, 4) is 0 Å². The number of halogens is 1. The number of ether oxygens (including phenoxy) is 1. The normalized spacial score (nSPS) is 25.3. The van der Waals surface area contributed by atoms with Gasteiger partial charge in [-0.1, -0.05) is 24.3 Å². The van der Waals surface area contributed by atoms with Crippen LogP contribution in [0.15, 0.2) is 24.3 Å². The van der Waals surface area contributed by atoms with E-state index in [4.69, 9.17) is 14.0 Å². The van der Waals surface area contributed by atoms with E-state index < -0.39 is 5.60 Å². The van der Waals surface area contributed by atoms with Crippen molar-refractivity contribution in [1.82, 2.24) is 4.90 Å². The zero-order valence-corrected chi connectivity index (χ0v) is 20.6. The van der Waals surface area contributed by atoms with Gasteiger partial charge in [0.25, 0.3) is 0 Å². The van der Waals surface area contributed by atoms with Crippen molar-refractivity contribution in [3.63, 3.8) is 0 Å². The molecule has 3 rings (SSSR count). The van der Waals surface area contributed by atoms with Crippen LogP contribution < -0.4 is 5.46 Å². The molecular weight excluding hydrogens is 480 g/mol. The molecule has 0 aromatic heterocycles. The molecule has 2 heterocycles. The average Bonchev–Trinajstić information content (AvgIpc) is 2.82. The van der Waals surface area contributed by atoms with E-state index in [1.807, 2.05) is 25.7 Å². The summed E-state index contributed by atoms with van der Waals surface area (Å²) in [5.41, 5.74) is 1.58. The van der Waals surface area contributed by atoms with Crippen LogP contribution in [0.2, 0.25) is 0 Å². The van der Waals surface area contributed by atoms with Gasteiger partial charge in [0.05, 0.1) is 5.60 Å². The molecule has 2 fully saturated rings. The second kappa shape index (κ2) is 8.38. The highest BCUT2D eigenvalue weighted by Crippen LogP contribution is 2.42. The van der Waals surface area contributed by atoms with Crippen LogP contribution in [0.25, 0.3) is 0 Å². The fourth-order valence-electron chi connectivity index (χ4n) is 3.72. The van der Waals surface area contributed by atoms with Gasteiger partial charge in [-0.15, -0.1) is 0 Å². The zero-order valence-electron chi connectivity index (χ0n) is 18.5. The number of carbonyl (C=O) groups excluding carboxylic acids is 1. The standard InChI is InChI=1S/C22H33BINO4/c1-20(2,3)27-19(26)25-12-10-16(11-13-25)14-17-8-7-9-18(15-17)23-28-21(4,5)22(6,24)29-23/h7-9,15-16H,10-14H2,1-6H3. The van der Waals surface area contributed by atoms with Gasteiger partial charge in [0, 0.05) is 13.1 Å². The molecule has 0 saturated carbocycles. The first-order valence-corrected chi connectivity index (χ1v) is 11.6. The minimum atomic E-state index is -0.443. The fourth-order valence-corrected chi connectivity index (χ4v) is 4.08. The number of alkyl halides is 1.